The van der Waals surface area contributed by atoms with Gasteiger partial charge in [0.2, 0.25) is 0 Å². The summed E-state index contributed by atoms with van der Waals surface area (Å²) in [6.45, 7) is 0. The minimum atomic E-state index is -1.34. The maximum Gasteiger partial charge on any atom is 1.00 e. The minimum absolute atomic E-state index is 0. The normalized spacial score (nSPS) is 22.4. The molecule has 1 amide bonds. The van der Waals surface area contributed by atoms with Crippen molar-refractivity contribution in [2.45, 2.75) is 5.37 Å². The molecule has 0 saturated carbocycles. The molecule has 0 bridgehead atoms. The first-order valence-corrected chi connectivity index (χ1v) is 6.01. The summed E-state index contributed by atoms with van der Waals surface area (Å²) >= 11 is 1.27. The first-order chi connectivity index (χ1) is 8.68. The number of amides is 1. The number of rotatable bonds is 2. The molecule has 1 aromatic rings. The van der Waals surface area contributed by atoms with Crippen molar-refractivity contribution in [1.29, 1.82) is 0 Å². The van der Waals surface area contributed by atoms with Gasteiger partial charge >= 0.3 is 29.6 Å². The molecule has 0 spiro atoms. The number of carbonyl (C=O) groups is 2. The van der Waals surface area contributed by atoms with Crippen molar-refractivity contribution in [3.8, 4) is 0 Å². The van der Waals surface area contributed by atoms with Crippen molar-refractivity contribution in [3.63, 3.8) is 0 Å². The fourth-order valence-corrected chi connectivity index (χ4v) is 2.92. The van der Waals surface area contributed by atoms with Crippen LogP contribution in [0.1, 0.15) is 5.69 Å². The molecular weight excluding hydrogens is 277 g/mol. The summed E-state index contributed by atoms with van der Waals surface area (Å²) < 4.78 is 0. The predicted molar refractivity (Wildman–Crippen MR) is 61.3 cm³/mol. The molecule has 1 saturated heterocycles. The van der Waals surface area contributed by atoms with Crippen molar-refractivity contribution in [3.05, 3.63) is 41.0 Å². The Bertz CT molecular complexity index is 602. The number of β-lactam (4-membered cyclic amide) rings is 1. The van der Waals surface area contributed by atoms with Crippen LogP contribution >= 0.6 is 11.8 Å². The number of hydrogen-bond acceptors (Lipinski definition) is 6. The quantitative estimate of drug-likeness (QED) is 0.316. The number of thioether (sulfide) groups is 1. The molecule has 2 aliphatic rings. The first kappa shape index (κ1) is 14.3. The van der Waals surface area contributed by atoms with Crippen LogP contribution in [0.4, 0.5) is 0 Å². The van der Waals surface area contributed by atoms with E-state index in [0.717, 1.165) is 0 Å². The Morgan fingerprint density at radius 2 is 2.26 bits per heavy atom. The number of aromatic nitrogens is 2. The van der Waals surface area contributed by atoms with Gasteiger partial charge in [-0.05, 0) is 11.5 Å². The van der Waals surface area contributed by atoms with Crippen LogP contribution in [0.5, 0.6) is 0 Å². The monoisotopic (exact) mass is 283 g/mol. The average Bonchev–Trinajstić information content (AvgIpc) is 2.77. The van der Waals surface area contributed by atoms with Crippen LogP contribution < -0.4 is 34.7 Å². The van der Waals surface area contributed by atoms with E-state index in [2.05, 4.69) is 9.97 Å². The molecule has 1 fully saturated rings. The van der Waals surface area contributed by atoms with E-state index in [1.54, 1.807) is 6.08 Å². The summed E-state index contributed by atoms with van der Waals surface area (Å²) in [7, 11) is 0. The zero-order chi connectivity index (χ0) is 12.7. The smallest absolute Gasteiger partial charge is 0.543 e. The maximum atomic E-state index is 11.8. The third kappa shape index (κ3) is 2.34. The van der Waals surface area contributed by atoms with Gasteiger partial charge in [0.15, 0.2) is 0 Å². The summed E-state index contributed by atoms with van der Waals surface area (Å²) in [5.41, 5.74) is 1.02. The number of nitrogens with zero attached hydrogens (tertiary/aromatic N) is 3. The van der Waals surface area contributed by atoms with Gasteiger partial charge in [-0.3, -0.25) is 19.7 Å². The van der Waals surface area contributed by atoms with Crippen molar-refractivity contribution in [2.75, 3.05) is 0 Å². The van der Waals surface area contributed by atoms with E-state index in [-0.39, 0.29) is 46.5 Å². The third-order valence-corrected chi connectivity index (χ3v) is 3.71. The topological polar surface area (TPSA) is 86.2 Å². The molecule has 3 rings (SSSR count). The SMILES string of the molecule is O=C([O-])C1=CSC2/C(=C\c3cnccn3)C(=O)N12.[Na+]. The number of carboxylic acids is 1. The Balaban J connectivity index is 0.00000133. The van der Waals surface area contributed by atoms with E-state index in [1.807, 2.05) is 0 Å². The van der Waals surface area contributed by atoms with Crippen LogP contribution in [0.25, 0.3) is 6.08 Å². The van der Waals surface area contributed by atoms with Crippen LogP contribution in [-0.2, 0) is 9.59 Å². The molecule has 90 valence electrons. The van der Waals surface area contributed by atoms with E-state index in [4.69, 9.17) is 0 Å². The number of fused-ring (bicyclic) bond motifs is 1. The van der Waals surface area contributed by atoms with Crippen molar-refractivity contribution in [2.24, 2.45) is 0 Å². The van der Waals surface area contributed by atoms with Crippen molar-refractivity contribution >= 4 is 29.7 Å². The van der Waals surface area contributed by atoms with E-state index >= 15 is 0 Å². The molecule has 6 nitrogen and oxygen atoms in total. The largest absolute Gasteiger partial charge is 1.00 e. The molecular formula is C11H6N3NaO3S. The van der Waals surface area contributed by atoms with Gasteiger partial charge in [-0.25, -0.2) is 0 Å². The Labute approximate surface area is 134 Å². The van der Waals surface area contributed by atoms with Crippen LogP contribution in [0.3, 0.4) is 0 Å². The molecule has 8 heteroatoms. The van der Waals surface area contributed by atoms with Gasteiger partial charge in [-0.2, -0.15) is 0 Å². The number of aliphatic carboxylic acids is 1. The summed E-state index contributed by atoms with van der Waals surface area (Å²) in [6.07, 6.45) is 6.22. The molecule has 0 N–H and O–H groups in total. The van der Waals surface area contributed by atoms with Crippen LogP contribution in [0.15, 0.2) is 35.3 Å². The zero-order valence-corrected chi connectivity index (χ0v) is 12.8. The second kappa shape index (κ2) is 5.46. The molecule has 0 aliphatic carbocycles. The fourth-order valence-electron chi connectivity index (χ4n) is 1.80. The number of carbonyl (C=O) groups excluding carboxylic acids is 2. The Hall–Kier alpha value is -1.15. The van der Waals surface area contributed by atoms with E-state index in [1.165, 1.54) is 40.7 Å². The molecule has 1 aromatic heterocycles. The number of carboxylic acid groups (broad SMARTS) is 1. The Morgan fingerprint density at radius 1 is 1.47 bits per heavy atom. The van der Waals surface area contributed by atoms with Gasteiger partial charge in [0.1, 0.15) is 5.37 Å². The van der Waals surface area contributed by atoms with Crippen LogP contribution in [0, 0.1) is 0 Å². The van der Waals surface area contributed by atoms with Gasteiger partial charge in [0.05, 0.1) is 29.1 Å². The second-order valence-electron chi connectivity index (χ2n) is 3.68. The van der Waals surface area contributed by atoms with Crippen LogP contribution in [0.2, 0.25) is 0 Å². The summed E-state index contributed by atoms with van der Waals surface area (Å²) in [6, 6.07) is 0. The maximum absolute atomic E-state index is 11.8. The van der Waals surface area contributed by atoms with Gasteiger partial charge in [0, 0.05) is 12.4 Å². The van der Waals surface area contributed by atoms with E-state index < -0.39 is 5.97 Å². The van der Waals surface area contributed by atoms with Gasteiger partial charge in [0.25, 0.3) is 5.91 Å². The molecule has 0 radical (unpaired) electrons. The summed E-state index contributed by atoms with van der Waals surface area (Å²) in [5.74, 6) is -1.66. The minimum Gasteiger partial charge on any atom is -0.543 e. The Kier molecular flexibility index (Phi) is 4.10. The van der Waals surface area contributed by atoms with Gasteiger partial charge in [-0.1, -0.05) is 0 Å². The fraction of sp³-hybridized carbons (Fsp3) is 0.0909. The molecule has 3 heterocycles. The summed E-state index contributed by atoms with van der Waals surface area (Å²) in [4.78, 5) is 31.7. The molecule has 19 heavy (non-hydrogen) atoms. The van der Waals surface area contributed by atoms with E-state index in [0.29, 0.717) is 11.3 Å². The third-order valence-electron chi connectivity index (χ3n) is 2.63. The van der Waals surface area contributed by atoms with E-state index in [9.17, 15) is 14.7 Å². The number of hydrogen-bond donors (Lipinski definition) is 0. The molecule has 2 aliphatic heterocycles. The zero-order valence-electron chi connectivity index (χ0n) is 9.94. The van der Waals surface area contributed by atoms with Crippen molar-refractivity contribution in [1.82, 2.24) is 14.9 Å². The second-order valence-corrected chi connectivity index (χ2v) is 4.64. The standard InChI is InChI=1S/C11H7N3O3S.Na/c15-9-7(3-6-4-12-1-2-13-6)10-14(9)8(5-18-10)11(16)17;/h1-5,10H,(H,16,17);/q;+1/p-1/b7-3-;. The molecule has 1 atom stereocenters. The van der Waals surface area contributed by atoms with Gasteiger partial charge < -0.3 is 9.90 Å². The first-order valence-electron chi connectivity index (χ1n) is 5.06. The molecule has 1 unspecified atom stereocenters. The Morgan fingerprint density at radius 3 is 2.89 bits per heavy atom. The van der Waals surface area contributed by atoms with Crippen molar-refractivity contribution < 1.29 is 44.3 Å². The average molecular weight is 283 g/mol. The van der Waals surface area contributed by atoms with Crippen LogP contribution in [-0.4, -0.2) is 32.1 Å². The van der Waals surface area contributed by atoms with Gasteiger partial charge in [-0.15, -0.1) is 11.8 Å². The summed E-state index contributed by atoms with van der Waals surface area (Å²) in [5, 5.41) is 11.9. The molecule has 0 aromatic carbocycles. The predicted octanol–water partition coefficient (Wildman–Crippen LogP) is -3.63.